The van der Waals surface area contributed by atoms with Gasteiger partial charge in [-0.2, -0.15) is 0 Å². The molecule has 0 rings (SSSR count). The molecule has 0 radical (unpaired) electrons. The van der Waals surface area contributed by atoms with Gasteiger partial charge in [0.25, 0.3) is 0 Å². The van der Waals surface area contributed by atoms with Gasteiger partial charge in [-0.05, 0) is 43.0 Å². The van der Waals surface area contributed by atoms with Crippen molar-refractivity contribution >= 4 is 29.1 Å². The first-order valence-electron chi connectivity index (χ1n) is 5.70. The van der Waals surface area contributed by atoms with Crippen LogP contribution in [0.5, 0.6) is 0 Å². The molecular formula is C10H24IO3PS2. The summed E-state index contributed by atoms with van der Waals surface area (Å²) in [5.41, 5.74) is 0. The van der Waals surface area contributed by atoms with Gasteiger partial charge in [-0.3, -0.25) is 0 Å². The van der Waals surface area contributed by atoms with Crippen LogP contribution < -0.4 is 24.0 Å². The van der Waals surface area contributed by atoms with Crippen LogP contribution in [-0.2, 0) is 24.5 Å². The van der Waals surface area contributed by atoms with Crippen molar-refractivity contribution in [1.82, 2.24) is 0 Å². The maximum Gasteiger partial charge on any atom is 0.389 e. The first kappa shape index (κ1) is 20.9. The SMILES string of the molecule is CCOP(=O)(OCC)SCCC[S+](C)CC.[I-]. The Kier molecular flexibility index (Phi) is 15.5. The average molecular weight is 414 g/mol. The Morgan fingerprint density at radius 1 is 1.18 bits per heavy atom. The van der Waals surface area contributed by atoms with Gasteiger partial charge in [-0.1, -0.05) is 0 Å². The van der Waals surface area contributed by atoms with E-state index >= 15 is 0 Å². The number of hydrogen-bond donors (Lipinski definition) is 0. The second kappa shape index (κ2) is 12.6. The predicted octanol–water partition coefficient (Wildman–Crippen LogP) is 0.563. The van der Waals surface area contributed by atoms with E-state index in [1.54, 1.807) is 0 Å². The number of halogens is 1. The molecule has 0 aliphatic rings. The summed E-state index contributed by atoms with van der Waals surface area (Å²) in [5, 5.41) is 0. The van der Waals surface area contributed by atoms with E-state index in [1.807, 2.05) is 13.8 Å². The van der Waals surface area contributed by atoms with Crippen molar-refractivity contribution in [3.8, 4) is 0 Å². The van der Waals surface area contributed by atoms with Crippen molar-refractivity contribution in [3.63, 3.8) is 0 Å². The number of hydrogen-bond acceptors (Lipinski definition) is 4. The molecule has 0 heterocycles. The Labute approximate surface area is 130 Å². The molecule has 0 N–H and O–H groups in total. The molecule has 1 unspecified atom stereocenters. The molecule has 0 amide bonds. The van der Waals surface area contributed by atoms with Crippen LogP contribution >= 0.6 is 18.2 Å². The zero-order valence-corrected chi connectivity index (χ0v) is 15.8. The molecule has 106 valence electrons. The van der Waals surface area contributed by atoms with Crippen molar-refractivity contribution in [3.05, 3.63) is 0 Å². The molecule has 1 atom stereocenters. The van der Waals surface area contributed by atoms with Gasteiger partial charge in [0.1, 0.15) is 11.5 Å². The molecule has 17 heavy (non-hydrogen) atoms. The summed E-state index contributed by atoms with van der Waals surface area (Å²) in [6.45, 7) is 3.91. The van der Waals surface area contributed by atoms with Crippen LogP contribution in [0.25, 0.3) is 0 Å². The summed E-state index contributed by atoms with van der Waals surface area (Å²) in [7, 11) is 0.503. The van der Waals surface area contributed by atoms with Crippen LogP contribution in [0.1, 0.15) is 27.2 Å². The summed E-state index contributed by atoms with van der Waals surface area (Å²) in [6, 6.07) is 0. The molecule has 3 nitrogen and oxygen atoms in total. The molecule has 0 saturated carbocycles. The van der Waals surface area contributed by atoms with E-state index in [0.29, 0.717) is 24.1 Å². The van der Waals surface area contributed by atoms with Gasteiger partial charge in [-0.25, -0.2) is 4.57 Å². The Morgan fingerprint density at radius 2 is 1.71 bits per heavy atom. The van der Waals surface area contributed by atoms with Gasteiger partial charge in [0.2, 0.25) is 0 Å². The van der Waals surface area contributed by atoms with E-state index < -0.39 is 6.80 Å². The van der Waals surface area contributed by atoms with Gasteiger partial charge in [0.15, 0.2) is 0 Å². The Hall–Kier alpha value is 1.58. The predicted molar refractivity (Wildman–Crippen MR) is 76.6 cm³/mol. The molecule has 0 aromatic rings. The second-order valence-electron chi connectivity index (χ2n) is 3.24. The van der Waals surface area contributed by atoms with Crippen LogP contribution in [0.4, 0.5) is 0 Å². The van der Waals surface area contributed by atoms with Crippen LogP contribution in [-0.4, -0.2) is 36.7 Å². The van der Waals surface area contributed by atoms with E-state index in [0.717, 1.165) is 12.2 Å². The first-order chi connectivity index (χ1) is 7.58. The number of rotatable bonds is 10. The minimum atomic E-state index is -2.87. The van der Waals surface area contributed by atoms with E-state index in [1.165, 1.54) is 22.9 Å². The average Bonchev–Trinajstić information content (AvgIpc) is 2.25. The van der Waals surface area contributed by atoms with Gasteiger partial charge >= 0.3 is 6.80 Å². The van der Waals surface area contributed by atoms with Crippen molar-refractivity contribution in [2.75, 3.05) is 36.7 Å². The van der Waals surface area contributed by atoms with Gasteiger partial charge in [-0.15, -0.1) is 0 Å². The molecule has 7 heteroatoms. The molecule has 0 aromatic carbocycles. The molecule has 0 aliphatic carbocycles. The monoisotopic (exact) mass is 414 g/mol. The fourth-order valence-electron chi connectivity index (χ4n) is 1.05. The van der Waals surface area contributed by atoms with Crippen molar-refractivity contribution in [2.45, 2.75) is 27.2 Å². The van der Waals surface area contributed by atoms with Gasteiger partial charge < -0.3 is 33.0 Å². The fraction of sp³-hybridized carbons (Fsp3) is 1.00. The molecular weight excluding hydrogens is 390 g/mol. The Bertz CT molecular complexity index is 210. The lowest BCUT2D eigenvalue weighted by Gasteiger charge is -2.15. The van der Waals surface area contributed by atoms with Crippen LogP contribution in [0.2, 0.25) is 0 Å². The largest absolute Gasteiger partial charge is 1.00 e. The highest BCUT2D eigenvalue weighted by Crippen LogP contribution is 2.60. The lowest BCUT2D eigenvalue weighted by Crippen LogP contribution is -3.00. The van der Waals surface area contributed by atoms with E-state index in [9.17, 15) is 4.57 Å². The lowest BCUT2D eigenvalue weighted by molar-refractivity contribution is -0.00000781. The smallest absolute Gasteiger partial charge is 0.389 e. The van der Waals surface area contributed by atoms with Crippen LogP contribution in [0, 0.1) is 0 Å². The maximum absolute atomic E-state index is 12.0. The van der Waals surface area contributed by atoms with E-state index in [-0.39, 0.29) is 24.0 Å². The maximum atomic E-state index is 12.0. The Balaban J connectivity index is 0. The quantitative estimate of drug-likeness (QED) is 0.227. The molecule has 0 saturated heterocycles. The van der Waals surface area contributed by atoms with Crippen molar-refractivity contribution < 1.29 is 37.6 Å². The normalized spacial score (nSPS) is 13.2. The highest BCUT2D eigenvalue weighted by molar-refractivity contribution is 8.55. The standard InChI is InChI=1S/C10H24O3PS2.HI/c1-5-12-14(11,13-6-2)15-9-8-10-16(4)7-3;/h5-10H2,1-4H3;1H/q+1;/p-1. The summed E-state index contributed by atoms with van der Waals surface area (Å²) >= 11 is 1.34. The molecule has 0 aromatic heterocycles. The van der Waals surface area contributed by atoms with E-state index in [2.05, 4.69) is 13.2 Å². The highest BCUT2D eigenvalue weighted by atomic mass is 127. The van der Waals surface area contributed by atoms with Crippen LogP contribution in [0.15, 0.2) is 0 Å². The molecule has 0 aliphatic heterocycles. The molecule has 0 bridgehead atoms. The highest BCUT2D eigenvalue weighted by Gasteiger charge is 2.24. The minimum Gasteiger partial charge on any atom is -1.00 e. The summed E-state index contributed by atoms with van der Waals surface area (Å²) in [4.78, 5) is 0. The summed E-state index contributed by atoms with van der Waals surface area (Å²) in [6.07, 6.45) is 3.36. The summed E-state index contributed by atoms with van der Waals surface area (Å²) in [5.74, 6) is 3.30. The third kappa shape index (κ3) is 11.1. The van der Waals surface area contributed by atoms with Gasteiger partial charge in [0, 0.05) is 12.2 Å². The molecule has 0 spiro atoms. The summed E-state index contributed by atoms with van der Waals surface area (Å²) < 4.78 is 22.5. The minimum absolute atomic E-state index is 0. The zero-order valence-electron chi connectivity index (χ0n) is 11.1. The Morgan fingerprint density at radius 3 is 2.12 bits per heavy atom. The lowest BCUT2D eigenvalue weighted by atomic mass is 10.6. The molecule has 0 fully saturated rings. The van der Waals surface area contributed by atoms with Crippen molar-refractivity contribution in [1.29, 1.82) is 0 Å². The third-order valence-corrected chi connectivity index (χ3v) is 7.99. The first-order valence-corrected chi connectivity index (χ1v) is 10.8. The van der Waals surface area contributed by atoms with Gasteiger partial charge in [0.05, 0.1) is 19.5 Å². The van der Waals surface area contributed by atoms with E-state index in [4.69, 9.17) is 9.05 Å². The van der Waals surface area contributed by atoms with Crippen molar-refractivity contribution in [2.24, 2.45) is 0 Å². The third-order valence-electron chi connectivity index (χ3n) is 1.95. The second-order valence-corrected chi connectivity index (χ2v) is 9.99. The van der Waals surface area contributed by atoms with Crippen LogP contribution in [0.3, 0.4) is 0 Å². The fourth-order valence-corrected chi connectivity index (χ4v) is 5.65. The topological polar surface area (TPSA) is 35.5 Å². The zero-order chi connectivity index (χ0) is 12.4.